The van der Waals surface area contributed by atoms with E-state index in [1.807, 2.05) is 6.92 Å². The fourth-order valence-corrected chi connectivity index (χ4v) is 2.38. The predicted octanol–water partition coefficient (Wildman–Crippen LogP) is 4.91. The van der Waals surface area contributed by atoms with Crippen molar-refractivity contribution in [3.63, 3.8) is 0 Å². The molecule has 0 amide bonds. The Morgan fingerprint density at radius 1 is 0.794 bits per heavy atom. The molecule has 17 heteroatoms. The zero-order chi connectivity index (χ0) is 27.3. The minimum Gasteiger partial charge on any atom is -0.379 e. The fourth-order valence-electron chi connectivity index (χ4n) is 1.92. The number of hydrogen-bond acceptors (Lipinski definition) is 6. The summed E-state index contributed by atoms with van der Waals surface area (Å²) in [6.07, 6.45) is -2.43. The molecule has 208 valence electrons. The Morgan fingerprint density at radius 2 is 1.32 bits per heavy atom. The van der Waals surface area contributed by atoms with Gasteiger partial charge < -0.3 is 18.9 Å². The van der Waals surface area contributed by atoms with Gasteiger partial charge in [-0.05, 0) is 13.3 Å². The third-order valence-electron chi connectivity index (χ3n) is 3.82. The van der Waals surface area contributed by atoms with Gasteiger partial charge in [0, 0.05) is 20.3 Å². The summed E-state index contributed by atoms with van der Waals surface area (Å²) in [4.78, 5) is 0. The SMILES string of the molecule is CCCCCCOCCOCC(OC)OCC.O=S(=O)(O)C(F)(F)C(F)(F)C(F)(F)C(F)(F)F. The van der Waals surface area contributed by atoms with Gasteiger partial charge in [0.2, 0.25) is 0 Å². The lowest BCUT2D eigenvalue weighted by Crippen LogP contribution is -2.63. The highest BCUT2D eigenvalue weighted by Crippen LogP contribution is 2.54. The predicted molar refractivity (Wildman–Crippen MR) is 101 cm³/mol. The van der Waals surface area contributed by atoms with Gasteiger partial charge >= 0.3 is 33.4 Å². The van der Waals surface area contributed by atoms with Crippen LogP contribution in [0.2, 0.25) is 0 Å². The second-order valence-corrected chi connectivity index (χ2v) is 7.97. The van der Waals surface area contributed by atoms with Gasteiger partial charge in [0.25, 0.3) is 0 Å². The average molecular weight is 548 g/mol. The van der Waals surface area contributed by atoms with Gasteiger partial charge in [-0.2, -0.15) is 47.9 Å². The maximum Gasteiger partial charge on any atom is 0.460 e. The van der Waals surface area contributed by atoms with Crippen molar-refractivity contribution in [3.05, 3.63) is 0 Å². The van der Waals surface area contributed by atoms with Crippen LogP contribution in [-0.4, -0.2) is 82.7 Å². The van der Waals surface area contributed by atoms with E-state index in [4.69, 9.17) is 23.5 Å². The van der Waals surface area contributed by atoms with Gasteiger partial charge in [-0.25, -0.2) is 0 Å². The van der Waals surface area contributed by atoms with Gasteiger partial charge in [0.15, 0.2) is 6.29 Å². The molecule has 0 aromatic rings. The Balaban J connectivity index is 0. The molecule has 0 aromatic heterocycles. The molecular formula is C17H29F9O7S. The third kappa shape index (κ3) is 10.8. The minimum atomic E-state index is -7.37. The number of rotatable bonds is 16. The van der Waals surface area contributed by atoms with Crippen molar-refractivity contribution in [3.8, 4) is 0 Å². The van der Waals surface area contributed by atoms with E-state index in [0.717, 1.165) is 13.0 Å². The lowest BCUT2D eigenvalue weighted by molar-refractivity contribution is -0.382. The van der Waals surface area contributed by atoms with Crippen molar-refractivity contribution < 1.29 is 71.4 Å². The largest absolute Gasteiger partial charge is 0.460 e. The lowest BCUT2D eigenvalue weighted by atomic mass is 10.1. The van der Waals surface area contributed by atoms with Crippen LogP contribution in [0.4, 0.5) is 39.5 Å². The summed E-state index contributed by atoms with van der Waals surface area (Å²) in [5.41, 5.74) is 0. The smallest absolute Gasteiger partial charge is 0.379 e. The second kappa shape index (κ2) is 15.3. The number of alkyl halides is 9. The standard InChI is InChI=1S/C13H28O4.C4HF9O3S/c1-4-6-7-8-9-15-10-11-16-12-13(14-3)17-5-2;5-1(6,3(9,10)11)2(7,8)4(12,13)17(14,15)16/h13H,4-12H2,1-3H3;(H,14,15,16). The Morgan fingerprint density at radius 3 is 1.74 bits per heavy atom. The molecule has 0 aromatic carbocycles. The molecule has 0 rings (SSSR count). The van der Waals surface area contributed by atoms with E-state index in [-0.39, 0.29) is 6.29 Å². The summed E-state index contributed by atoms with van der Waals surface area (Å²) in [5.74, 6) is -14.7. The molecule has 0 bridgehead atoms. The zero-order valence-corrected chi connectivity index (χ0v) is 19.5. The van der Waals surface area contributed by atoms with Crippen LogP contribution in [0.1, 0.15) is 39.5 Å². The molecule has 0 heterocycles. The number of unbranched alkanes of at least 4 members (excludes halogenated alkanes) is 3. The monoisotopic (exact) mass is 548 g/mol. The highest BCUT2D eigenvalue weighted by molar-refractivity contribution is 7.87. The zero-order valence-electron chi connectivity index (χ0n) is 18.6. The van der Waals surface area contributed by atoms with E-state index >= 15 is 0 Å². The first-order chi connectivity index (χ1) is 15.3. The van der Waals surface area contributed by atoms with Crippen molar-refractivity contribution in [2.45, 2.75) is 69.1 Å². The van der Waals surface area contributed by atoms with Crippen LogP contribution < -0.4 is 0 Å². The molecule has 0 aliphatic rings. The summed E-state index contributed by atoms with van der Waals surface area (Å²) >= 11 is 0. The van der Waals surface area contributed by atoms with Crippen molar-refractivity contribution in [2.75, 3.05) is 40.1 Å². The Bertz CT molecular complexity index is 644. The van der Waals surface area contributed by atoms with Crippen LogP contribution in [0.3, 0.4) is 0 Å². The maximum atomic E-state index is 12.2. The molecule has 0 aliphatic heterocycles. The average Bonchev–Trinajstić information content (AvgIpc) is 2.70. The number of ether oxygens (including phenoxy) is 4. The number of halogens is 9. The van der Waals surface area contributed by atoms with E-state index in [1.165, 1.54) is 19.3 Å². The summed E-state index contributed by atoms with van der Waals surface area (Å²) < 4.78 is 155. The van der Waals surface area contributed by atoms with Gasteiger partial charge in [0.1, 0.15) is 0 Å². The third-order valence-corrected chi connectivity index (χ3v) is 4.73. The molecule has 0 radical (unpaired) electrons. The van der Waals surface area contributed by atoms with Gasteiger partial charge in [-0.15, -0.1) is 0 Å². The lowest BCUT2D eigenvalue weighted by Gasteiger charge is -2.31. The quantitative estimate of drug-likeness (QED) is 0.127. The normalized spacial score (nSPS) is 14.5. The molecule has 0 saturated heterocycles. The van der Waals surface area contributed by atoms with Crippen LogP contribution in [0, 0.1) is 0 Å². The molecule has 0 saturated carbocycles. The van der Waals surface area contributed by atoms with Crippen LogP contribution in [0.5, 0.6) is 0 Å². The first kappa shape index (κ1) is 35.3. The van der Waals surface area contributed by atoms with Crippen LogP contribution in [-0.2, 0) is 29.1 Å². The van der Waals surface area contributed by atoms with E-state index in [2.05, 4.69) is 6.92 Å². The maximum absolute atomic E-state index is 12.2. The van der Waals surface area contributed by atoms with Crippen LogP contribution in [0.25, 0.3) is 0 Å². The van der Waals surface area contributed by atoms with Crippen molar-refractivity contribution in [1.29, 1.82) is 0 Å². The molecule has 1 N–H and O–H groups in total. The van der Waals surface area contributed by atoms with Crippen molar-refractivity contribution in [1.82, 2.24) is 0 Å². The topological polar surface area (TPSA) is 91.3 Å². The summed E-state index contributed by atoms with van der Waals surface area (Å²) in [5, 5.41) is -7.00. The summed E-state index contributed by atoms with van der Waals surface area (Å²) in [6, 6.07) is 0. The first-order valence-corrected chi connectivity index (χ1v) is 11.3. The van der Waals surface area contributed by atoms with E-state index in [1.54, 1.807) is 7.11 Å². The second-order valence-electron chi connectivity index (χ2n) is 6.51. The highest BCUT2D eigenvalue weighted by Gasteiger charge is 2.85. The number of methoxy groups -OCH3 is 1. The van der Waals surface area contributed by atoms with Gasteiger partial charge in [-0.1, -0.05) is 26.2 Å². The van der Waals surface area contributed by atoms with Crippen LogP contribution in [0.15, 0.2) is 0 Å². The molecule has 1 unspecified atom stereocenters. The summed E-state index contributed by atoms with van der Waals surface area (Å²) in [7, 11) is -5.55. The Kier molecular flexibility index (Phi) is 15.9. The van der Waals surface area contributed by atoms with E-state index in [9.17, 15) is 47.9 Å². The molecule has 1 atom stereocenters. The van der Waals surface area contributed by atoms with Crippen molar-refractivity contribution in [2.24, 2.45) is 0 Å². The summed E-state index contributed by atoms with van der Waals surface area (Å²) in [6.45, 7) is 7.32. The highest BCUT2D eigenvalue weighted by atomic mass is 32.2. The molecule has 34 heavy (non-hydrogen) atoms. The number of hydrogen-bond donors (Lipinski definition) is 1. The van der Waals surface area contributed by atoms with E-state index < -0.39 is 33.4 Å². The fraction of sp³-hybridized carbons (Fsp3) is 1.00. The Hall–Kier alpha value is -0.880. The van der Waals surface area contributed by atoms with Gasteiger partial charge in [-0.3, -0.25) is 4.55 Å². The molecule has 0 spiro atoms. The molecular weight excluding hydrogens is 519 g/mol. The first-order valence-electron chi connectivity index (χ1n) is 9.82. The Labute approximate surface area is 191 Å². The molecule has 7 nitrogen and oxygen atoms in total. The molecule has 0 fully saturated rings. The minimum absolute atomic E-state index is 0.260. The van der Waals surface area contributed by atoms with Crippen molar-refractivity contribution >= 4 is 10.1 Å². The van der Waals surface area contributed by atoms with E-state index in [0.29, 0.717) is 26.4 Å². The molecule has 0 aliphatic carbocycles. The van der Waals surface area contributed by atoms with Gasteiger partial charge in [0.05, 0.1) is 19.8 Å². The van der Waals surface area contributed by atoms with Crippen LogP contribution >= 0.6 is 0 Å².